The van der Waals surface area contributed by atoms with E-state index in [0.717, 1.165) is 45.1 Å². The summed E-state index contributed by atoms with van der Waals surface area (Å²) in [5.41, 5.74) is 6.46. The zero-order valence-electron chi connectivity index (χ0n) is 14.4. The van der Waals surface area contributed by atoms with Crippen molar-refractivity contribution in [2.45, 2.75) is 56.3 Å². The molecule has 0 bridgehead atoms. The molecule has 2 aliphatic heterocycles. The summed E-state index contributed by atoms with van der Waals surface area (Å²) >= 11 is 12.1. The molecule has 0 saturated carbocycles. The second kappa shape index (κ2) is 7.05. The fraction of sp³-hybridized carbons (Fsp3) is 0.611. The minimum atomic E-state index is -0.576. The summed E-state index contributed by atoms with van der Waals surface area (Å²) in [5.74, 6) is 0.118. The molecule has 1 aromatic rings. The number of nitrogens with zero attached hydrogens (tertiary/aromatic N) is 1. The smallest absolute Gasteiger partial charge is 0.139 e. The number of aromatic hydroxyl groups is 1. The van der Waals surface area contributed by atoms with Gasteiger partial charge in [0.25, 0.3) is 0 Å². The third kappa shape index (κ3) is 3.81. The van der Waals surface area contributed by atoms with Crippen LogP contribution in [0.3, 0.4) is 0 Å². The molecule has 0 radical (unpaired) electrons. The van der Waals surface area contributed by atoms with E-state index >= 15 is 0 Å². The lowest BCUT2D eigenvalue weighted by Crippen LogP contribution is -2.63. The van der Waals surface area contributed by atoms with Crippen LogP contribution in [0.5, 0.6) is 5.75 Å². The molecule has 0 aromatic heterocycles. The van der Waals surface area contributed by atoms with E-state index in [0.29, 0.717) is 22.0 Å². The molecule has 2 heterocycles. The van der Waals surface area contributed by atoms with Crippen LogP contribution in [0.2, 0.25) is 10.0 Å². The number of piperidine rings is 1. The van der Waals surface area contributed by atoms with Crippen LogP contribution in [-0.4, -0.2) is 46.6 Å². The number of benzene rings is 1. The molecule has 0 amide bonds. The Morgan fingerprint density at radius 1 is 1.40 bits per heavy atom. The number of phenols is 1. The summed E-state index contributed by atoms with van der Waals surface area (Å²) in [5, 5.41) is 14.3. The first kappa shape index (κ1) is 18.9. The maximum Gasteiger partial charge on any atom is 0.139 e. The molecule has 2 aliphatic rings. The van der Waals surface area contributed by atoms with Gasteiger partial charge in [0.05, 0.1) is 21.2 Å². The molecule has 5 nitrogen and oxygen atoms in total. The van der Waals surface area contributed by atoms with Crippen LogP contribution < -0.4 is 11.1 Å². The molecular formula is C18H25Cl2N3O2. The molecule has 2 saturated heterocycles. The second-order valence-corrected chi connectivity index (χ2v) is 8.41. The summed E-state index contributed by atoms with van der Waals surface area (Å²) in [6, 6.07) is 3.37. The zero-order valence-corrected chi connectivity index (χ0v) is 15.9. The number of halogens is 2. The van der Waals surface area contributed by atoms with E-state index in [4.69, 9.17) is 28.9 Å². The predicted molar refractivity (Wildman–Crippen MR) is 100 cm³/mol. The molecule has 25 heavy (non-hydrogen) atoms. The zero-order chi connectivity index (χ0) is 18.2. The van der Waals surface area contributed by atoms with Gasteiger partial charge in [0.1, 0.15) is 12.0 Å². The van der Waals surface area contributed by atoms with Gasteiger partial charge in [0.2, 0.25) is 0 Å². The average molecular weight is 386 g/mol. The summed E-state index contributed by atoms with van der Waals surface area (Å²) in [7, 11) is 0. The van der Waals surface area contributed by atoms with Gasteiger partial charge in [-0.3, -0.25) is 4.90 Å². The lowest BCUT2D eigenvalue weighted by atomic mass is 9.86. The Morgan fingerprint density at radius 3 is 2.80 bits per heavy atom. The number of likely N-dealkylation sites (tertiary alicyclic amines) is 1. The molecule has 0 spiro atoms. The van der Waals surface area contributed by atoms with Crippen LogP contribution in [0.15, 0.2) is 12.1 Å². The van der Waals surface area contributed by atoms with Crippen molar-refractivity contribution >= 4 is 29.5 Å². The van der Waals surface area contributed by atoms with Gasteiger partial charge in [-0.2, -0.15) is 0 Å². The van der Waals surface area contributed by atoms with Crippen molar-refractivity contribution in [3.05, 3.63) is 27.7 Å². The van der Waals surface area contributed by atoms with Gasteiger partial charge in [-0.15, -0.1) is 0 Å². The Bertz CT molecular complexity index is 672. The van der Waals surface area contributed by atoms with Crippen LogP contribution >= 0.6 is 23.2 Å². The summed E-state index contributed by atoms with van der Waals surface area (Å²) in [6.45, 7) is 3.55. The number of nitrogens with one attached hydrogen (secondary N) is 1. The van der Waals surface area contributed by atoms with E-state index in [1.54, 1.807) is 6.07 Å². The Kier molecular flexibility index (Phi) is 5.33. The summed E-state index contributed by atoms with van der Waals surface area (Å²) in [4.78, 5) is 13.7. The van der Waals surface area contributed by atoms with Crippen LogP contribution in [0, 0.1) is 0 Å². The van der Waals surface area contributed by atoms with Crippen LogP contribution in [0.25, 0.3) is 0 Å². The maximum atomic E-state index is 11.4. The van der Waals surface area contributed by atoms with Crippen molar-refractivity contribution in [2.75, 3.05) is 13.1 Å². The van der Waals surface area contributed by atoms with Gasteiger partial charge in [0.15, 0.2) is 0 Å². The number of carbonyl (C=O) groups is 1. The number of phenolic OH excluding ortho intramolecular Hbond substituents is 1. The van der Waals surface area contributed by atoms with Crippen LogP contribution in [-0.2, 0) is 11.2 Å². The summed E-state index contributed by atoms with van der Waals surface area (Å²) in [6.07, 6.45) is 5.18. The van der Waals surface area contributed by atoms with E-state index in [1.165, 1.54) is 6.07 Å². The van der Waals surface area contributed by atoms with Gasteiger partial charge < -0.3 is 21.0 Å². The molecule has 7 heteroatoms. The number of aldehydes is 1. The van der Waals surface area contributed by atoms with E-state index in [-0.39, 0.29) is 11.8 Å². The molecular weight excluding hydrogens is 361 g/mol. The fourth-order valence-corrected chi connectivity index (χ4v) is 4.50. The van der Waals surface area contributed by atoms with Gasteiger partial charge in [-0.1, -0.05) is 23.2 Å². The molecule has 2 fully saturated rings. The normalized spacial score (nSPS) is 33.5. The lowest BCUT2D eigenvalue weighted by Gasteiger charge is -2.48. The molecule has 3 rings (SSSR count). The van der Waals surface area contributed by atoms with Gasteiger partial charge >= 0.3 is 0 Å². The Morgan fingerprint density at radius 2 is 2.12 bits per heavy atom. The van der Waals surface area contributed by atoms with Crippen LogP contribution in [0.4, 0.5) is 0 Å². The van der Waals surface area contributed by atoms with Crippen molar-refractivity contribution in [2.24, 2.45) is 5.73 Å². The Balaban J connectivity index is 1.84. The monoisotopic (exact) mass is 385 g/mol. The number of carbonyl (C=O) groups excluding carboxylic acids is 1. The number of hydrogen-bond acceptors (Lipinski definition) is 5. The van der Waals surface area contributed by atoms with Crippen LogP contribution in [0.1, 0.15) is 38.2 Å². The Hall–Kier alpha value is -0.850. The lowest BCUT2D eigenvalue weighted by molar-refractivity contribution is -0.112. The van der Waals surface area contributed by atoms with E-state index < -0.39 is 11.2 Å². The number of rotatable bonds is 4. The Labute approximate surface area is 158 Å². The molecule has 1 unspecified atom stereocenters. The van der Waals surface area contributed by atoms with Gasteiger partial charge in [-0.05, 0) is 44.2 Å². The first-order valence-electron chi connectivity index (χ1n) is 8.70. The van der Waals surface area contributed by atoms with Gasteiger partial charge in [0, 0.05) is 31.6 Å². The maximum absolute atomic E-state index is 11.4. The van der Waals surface area contributed by atoms with Gasteiger partial charge in [-0.25, -0.2) is 0 Å². The standard InChI is InChI=1S/C18H25Cl2N3O2/c1-17(11-24)9-13(10-22-17)23-5-3-2-4-18(23,21)8-12-6-14(19)15(20)7-16(12)25/h6-7,11,13,22,25H,2-5,8-10,21H2,1H3/t13?,17-,18-/m1/s1. The van der Waals surface area contributed by atoms with Crippen molar-refractivity contribution in [1.29, 1.82) is 0 Å². The number of hydrogen-bond donors (Lipinski definition) is 3. The topological polar surface area (TPSA) is 78.6 Å². The van der Waals surface area contributed by atoms with Crippen molar-refractivity contribution in [1.82, 2.24) is 10.2 Å². The first-order chi connectivity index (χ1) is 11.8. The average Bonchev–Trinajstić information content (AvgIpc) is 2.95. The molecule has 4 N–H and O–H groups in total. The molecule has 138 valence electrons. The number of nitrogens with two attached hydrogens (primary N) is 1. The minimum Gasteiger partial charge on any atom is -0.508 e. The third-order valence-corrected chi connectivity index (χ3v) is 6.27. The highest BCUT2D eigenvalue weighted by Crippen LogP contribution is 2.37. The quantitative estimate of drug-likeness (QED) is 0.694. The molecule has 1 aromatic carbocycles. The van der Waals surface area contributed by atoms with Crippen molar-refractivity contribution in [3.8, 4) is 5.75 Å². The minimum absolute atomic E-state index is 0.118. The van der Waals surface area contributed by atoms with Crippen molar-refractivity contribution < 1.29 is 9.90 Å². The first-order valence-corrected chi connectivity index (χ1v) is 9.46. The largest absolute Gasteiger partial charge is 0.508 e. The predicted octanol–water partition coefficient (Wildman–Crippen LogP) is 2.70. The third-order valence-electron chi connectivity index (χ3n) is 5.55. The van der Waals surface area contributed by atoms with Crippen molar-refractivity contribution in [3.63, 3.8) is 0 Å². The highest BCUT2D eigenvalue weighted by molar-refractivity contribution is 6.42. The highest BCUT2D eigenvalue weighted by atomic mass is 35.5. The van der Waals surface area contributed by atoms with E-state index in [9.17, 15) is 9.90 Å². The SMILES string of the molecule is C[C@]1(C=O)CC(N2CCCC[C@]2(N)Cc2cc(Cl)c(Cl)cc2O)CN1. The summed E-state index contributed by atoms with van der Waals surface area (Å²) < 4.78 is 0. The second-order valence-electron chi connectivity index (χ2n) is 7.60. The highest BCUT2D eigenvalue weighted by Gasteiger charge is 2.45. The fourth-order valence-electron chi connectivity index (χ4n) is 4.16. The van der Waals surface area contributed by atoms with E-state index in [2.05, 4.69) is 10.2 Å². The molecule has 0 aliphatic carbocycles. The van der Waals surface area contributed by atoms with E-state index in [1.807, 2.05) is 6.92 Å². The molecule has 3 atom stereocenters.